The van der Waals surface area contributed by atoms with E-state index in [1.54, 1.807) is 13.3 Å². The zero-order chi connectivity index (χ0) is 16.7. The van der Waals surface area contributed by atoms with E-state index in [1.807, 2.05) is 19.1 Å². The lowest BCUT2D eigenvalue weighted by molar-refractivity contribution is 0.187. The number of nitrogens with one attached hydrogen (secondary N) is 1. The summed E-state index contributed by atoms with van der Waals surface area (Å²) in [5.74, 6) is 2.06. The summed E-state index contributed by atoms with van der Waals surface area (Å²) in [5.41, 5.74) is 9.01. The van der Waals surface area contributed by atoms with E-state index in [0.717, 1.165) is 42.3 Å². The quantitative estimate of drug-likeness (QED) is 0.780. The van der Waals surface area contributed by atoms with Crippen molar-refractivity contribution >= 4 is 11.6 Å². The van der Waals surface area contributed by atoms with Gasteiger partial charge in [-0.05, 0) is 61.1 Å². The summed E-state index contributed by atoms with van der Waals surface area (Å²) in [4.78, 5) is 8.90. The van der Waals surface area contributed by atoms with Gasteiger partial charge in [-0.15, -0.1) is 0 Å². The first-order chi connectivity index (χ1) is 11.2. The molecule has 124 valence electrons. The topological polar surface area (TPSA) is 73.1 Å². The molecule has 0 aromatic carbocycles. The number of hydrogen-bond acceptors (Lipinski definition) is 5. The van der Waals surface area contributed by atoms with Gasteiger partial charge in [0.2, 0.25) is 0 Å². The van der Waals surface area contributed by atoms with Gasteiger partial charge in [0.1, 0.15) is 11.6 Å². The third kappa shape index (κ3) is 5.01. The molecule has 0 fully saturated rings. The average Bonchev–Trinajstić information content (AvgIpc) is 2.55. The minimum absolute atomic E-state index is 0.473. The number of aryl methyl sites for hydroxylation is 1. The molecule has 2 rings (SSSR count). The van der Waals surface area contributed by atoms with Gasteiger partial charge < -0.3 is 15.8 Å². The number of hydrogen-bond donors (Lipinski definition) is 2. The van der Waals surface area contributed by atoms with E-state index in [9.17, 15) is 0 Å². The van der Waals surface area contributed by atoms with Crippen molar-refractivity contribution in [3.8, 4) is 0 Å². The van der Waals surface area contributed by atoms with Crippen molar-refractivity contribution in [3.05, 3.63) is 47.3 Å². The van der Waals surface area contributed by atoms with Crippen LogP contribution in [0.5, 0.6) is 0 Å². The third-order valence-electron chi connectivity index (χ3n) is 3.93. The predicted molar refractivity (Wildman–Crippen MR) is 93.9 cm³/mol. The normalized spacial score (nSPS) is 12.2. The van der Waals surface area contributed by atoms with Crippen LogP contribution < -0.4 is 11.1 Å². The summed E-state index contributed by atoms with van der Waals surface area (Å²) in [6, 6.07) is 8.12. The molecule has 0 aliphatic rings. The van der Waals surface area contributed by atoms with Crippen molar-refractivity contribution in [2.45, 2.75) is 39.2 Å². The summed E-state index contributed by atoms with van der Waals surface area (Å²) < 4.78 is 5.22. The smallest absolute Gasteiger partial charge is 0.132 e. The molecule has 1 atom stereocenters. The molecule has 0 bridgehead atoms. The summed E-state index contributed by atoms with van der Waals surface area (Å²) in [7, 11) is 1.74. The highest BCUT2D eigenvalue weighted by Gasteiger charge is 2.12. The summed E-state index contributed by atoms with van der Waals surface area (Å²) >= 11 is 0. The molecule has 1 unspecified atom stereocenters. The van der Waals surface area contributed by atoms with Gasteiger partial charge in [0.05, 0.1) is 0 Å². The van der Waals surface area contributed by atoms with Gasteiger partial charge >= 0.3 is 0 Å². The number of aromatic nitrogens is 2. The standard InChI is InChI=1S/C18H26N4O/c1-4-15(6-8-23-3)16-9-13(2)21-18(11-16)22-17-10-14(12-19)5-7-20-17/h5,7,9-11,15H,4,6,8,12,19H2,1-3H3,(H,20,21,22). The fourth-order valence-electron chi connectivity index (χ4n) is 2.66. The molecule has 0 aliphatic heterocycles. The molecule has 0 saturated carbocycles. The van der Waals surface area contributed by atoms with E-state index >= 15 is 0 Å². The Labute approximate surface area is 138 Å². The second kappa shape index (κ2) is 8.60. The molecule has 5 nitrogen and oxygen atoms in total. The maximum absolute atomic E-state index is 5.68. The van der Waals surface area contributed by atoms with Crippen molar-refractivity contribution < 1.29 is 4.74 Å². The van der Waals surface area contributed by atoms with Gasteiger partial charge in [-0.25, -0.2) is 9.97 Å². The van der Waals surface area contributed by atoms with Crippen molar-refractivity contribution in [1.82, 2.24) is 9.97 Å². The molecule has 2 aromatic heterocycles. The maximum atomic E-state index is 5.68. The van der Waals surface area contributed by atoms with Crippen LogP contribution in [0.4, 0.5) is 11.6 Å². The lowest BCUT2D eigenvalue weighted by Gasteiger charge is -2.17. The number of pyridine rings is 2. The fraction of sp³-hybridized carbons (Fsp3) is 0.444. The van der Waals surface area contributed by atoms with Crippen LogP contribution in [-0.2, 0) is 11.3 Å². The molecule has 0 spiro atoms. The van der Waals surface area contributed by atoms with Gasteiger partial charge in [-0.1, -0.05) is 6.92 Å². The van der Waals surface area contributed by atoms with E-state index in [-0.39, 0.29) is 0 Å². The monoisotopic (exact) mass is 314 g/mol. The second-order valence-corrected chi connectivity index (χ2v) is 5.69. The van der Waals surface area contributed by atoms with Crippen LogP contribution in [0.25, 0.3) is 0 Å². The molecule has 0 amide bonds. The first kappa shape index (κ1) is 17.4. The summed E-state index contributed by atoms with van der Waals surface area (Å²) in [6.07, 6.45) is 3.85. The lowest BCUT2D eigenvalue weighted by Crippen LogP contribution is -2.05. The minimum Gasteiger partial charge on any atom is -0.385 e. The molecule has 0 aliphatic carbocycles. The molecule has 2 aromatic rings. The van der Waals surface area contributed by atoms with Crippen LogP contribution in [0.1, 0.15) is 42.5 Å². The SMILES string of the molecule is CCC(CCOC)c1cc(C)nc(Nc2cc(CN)ccn2)c1. The zero-order valence-corrected chi connectivity index (χ0v) is 14.2. The van der Waals surface area contributed by atoms with Crippen molar-refractivity contribution in [2.75, 3.05) is 19.0 Å². The van der Waals surface area contributed by atoms with Crippen LogP contribution in [0.15, 0.2) is 30.5 Å². The number of nitrogens with zero attached hydrogens (tertiary/aromatic N) is 2. The van der Waals surface area contributed by atoms with Crippen molar-refractivity contribution in [2.24, 2.45) is 5.73 Å². The molecular formula is C18H26N4O. The van der Waals surface area contributed by atoms with E-state index in [4.69, 9.17) is 10.5 Å². The van der Waals surface area contributed by atoms with Gasteiger partial charge in [0, 0.05) is 32.2 Å². The second-order valence-electron chi connectivity index (χ2n) is 5.69. The van der Waals surface area contributed by atoms with Gasteiger partial charge in [0.25, 0.3) is 0 Å². The van der Waals surface area contributed by atoms with Gasteiger partial charge in [-0.2, -0.15) is 0 Å². The number of nitrogens with two attached hydrogens (primary N) is 1. The maximum Gasteiger partial charge on any atom is 0.132 e. The largest absolute Gasteiger partial charge is 0.385 e. The van der Waals surface area contributed by atoms with Gasteiger partial charge in [-0.3, -0.25) is 0 Å². The van der Waals surface area contributed by atoms with Crippen molar-refractivity contribution in [1.29, 1.82) is 0 Å². The zero-order valence-electron chi connectivity index (χ0n) is 14.2. The van der Waals surface area contributed by atoms with Crippen molar-refractivity contribution in [3.63, 3.8) is 0 Å². The number of methoxy groups -OCH3 is 1. The Kier molecular flexibility index (Phi) is 6.50. The van der Waals surface area contributed by atoms with Crippen LogP contribution >= 0.6 is 0 Å². The molecule has 3 N–H and O–H groups in total. The highest BCUT2D eigenvalue weighted by atomic mass is 16.5. The number of rotatable bonds is 8. The van der Waals surface area contributed by atoms with E-state index in [1.165, 1.54) is 5.56 Å². The van der Waals surface area contributed by atoms with Gasteiger partial charge in [0.15, 0.2) is 0 Å². The molecule has 0 saturated heterocycles. The highest BCUT2D eigenvalue weighted by molar-refractivity contribution is 5.54. The van der Waals surface area contributed by atoms with E-state index in [2.05, 4.69) is 34.3 Å². The Hall–Kier alpha value is -1.98. The molecule has 0 radical (unpaired) electrons. The molecule has 2 heterocycles. The fourth-order valence-corrected chi connectivity index (χ4v) is 2.66. The summed E-state index contributed by atoms with van der Waals surface area (Å²) in [5, 5.41) is 3.29. The van der Waals surface area contributed by atoms with E-state index in [0.29, 0.717) is 12.5 Å². The Morgan fingerprint density at radius 3 is 2.78 bits per heavy atom. The van der Waals surface area contributed by atoms with Crippen LogP contribution in [0, 0.1) is 6.92 Å². The number of anilines is 2. The predicted octanol–water partition coefficient (Wildman–Crippen LogP) is 3.52. The van der Waals surface area contributed by atoms with E-state index < -0.39 is 0 Å². The Bertz CT molecular complexity index is 630. The third-order valence-corrected chi connectivity index (χ3v) is 3.93. The van der Waals surface area contributed by atoms with Crippen LogP contribution in [-0.4, -0.2) is 23.7 Å². The molecule has 5 heteroatoms. The molecular weight excluding hydrogens is 288 g/mol. The average molecular weight is 314 g/mol. The van der Waals surface area contributed by atoms with Crippen LogP contribution in [0.3, 0.4) is 0 Å². The Morgan fingerprint density at radius 1 is 1.26 bits per heavy atom. The Balaban J connectivity index is 2.21. The highest BCUT2D eigenvalue weighted by Crippen LogP contribution is 2.26. The van der Waals surface area contributed by atoms with Crippen LogP contribution in [0.2, 0.25) is 0 Å². The lowest BCUT2D eigenvalue weighted by atomic mass is 9.93. The first-order valence-electron chi connectivity index (χ1n) is 8.05. The number of ether oxygens (including phenoxy) is 1. The minimum atomic E-state index is 0.473. The summed E-state index contributed by atoms with van der Waals surface area (Å²) in [6.45, 7) is 5.48. The Morgan fingerprint density at radius 2 is 2.09 bits per heavy atom. The first-order valence-corrected chi connectivity index (χ1v) is 8.05. The molecule has 23 heavy (non-hydrogen) atoms.